The Balaban J connectivity index is 2.39. The van der Waals surface area contributed by atoms with Crippen molar-refractivity contribution in [1.82, 2.24) is 9.55 Å². The molecule has 1 aromatic carbocycles. The molecule has 2 heterocycles. The summed E-state index contributed by atoms with van der Waals surface area (Å²) in [4.78, 5) is 28.0. The molecule has 2 aromatic heterocycles. The number of pyridine rings is 1. The lowest BCUT2D eigenvalue weighted by atomic mass is 10.2. The number of para-hydroxylation sites is 1. The fourth-order valence-corrected chi connectivity index (χ4v) is 2.52. The van der Waals surface area contributed by atoms with Gasteiger partial charge >= 0.3 is 6.09 Å². The molecule has 0 fully saturated rings. The first-order valence-corrected chi connectivity index (χ1v) is 6.99. The van der Waals surface area contributed by atoms with Crippen LogP contribution in [0.4, 0.5) is 4.79 Å². The Morgan fingerprint density at radius 1 is 1.18 bits per heavy atom. The lowest BCUT2D eigenvalue weighted by Crippen LogP contribution is -2.27. The van der Waals surface area contributed by atoms with E-state index in [9.17, 15) is 9.59 Å². The number of hydrogen-bond acceptors (Lipinski definition) is 4. The van der Waals surface area contributed by atoms with Gasteiger partial charge in [-0.25, -0.2) is 9.36 Å². The Labute approximate surface area is 127 Å². The second-order valence-electron chi connectivity index (χ2n) is 6.04. The molecule has 112 valence electrons. The zero-order valence-electron chi connectivity index (χ0n) is 12.7. The molecule has 0 spiro atoms. The van der Waals surface area contributed by atoms with Crippen LogP contribution in [0.25, 0.3) is 21.8 Å². The van der Waals surface area contributed by atoms with Crippen molar-refractivity contribution >= 4 is 34.2 Å². The van der Waals surface area contributed by atoms with E-state index in [1.54, 1.807) is 33.0 Å². The number of aldehydes is 1. The van der Waals surface area contributed by atoms with Crippen molar-refractivity contribution in [2.75, 3.05) is 0 Å². The van der Waals surface area contributed by atoms with E-state index in [-0.39, 0.29) is 5.69 Å². The number of aromatic nitrogens is 2. The van der Waals surface area contributed by atoms with Gasteiger partial charge in [-0.05, 0) is 32.9 Å². The predicted molar refractivity (Wildman–Crippen MR) is 84.3 cm³/mol. The van der Waals surface area contributed by atoms with Crippen molar-refractivity contribution < 1.29 is 14.3 Å². The van der Waals surface area contributed by atoms with E-state index in [1.165, 1.54) is 4.57 Å². The molecule has 22 heavy (non-hydrogen) atoms. The smallest absolute Gasteiger partial charge is 0.419 e. The van der Waals surface area contributed by atoms with Crippen LogP contribution in [0.5, 0.6) is 0 Å². The van der Waals surface area contributed by atoms with Crippen molar-refractivity contribution in [3.63, 3.8) is 0 Å². The molecular formula is C17H16N2O3. The topological polar surface area (TPSA) is 61.2 Å². The number of benzene rings is 1. The van der Waals surface area contributed by atoms with Crippen molar-refractivity contribution in [3.05, 3.63) is 42.2 Å². The first-order chi connectivity index (χ1) is 10.4. The Hall–Kier alpha value is -2.69. The zero-order valence-corrected chi connectivity index (χ0v) is 12.7. The lowest BCUT2D eigenvalue weighted by Gasteiger charge is -2.20. The van der Waals surface area contributed by atoms with Crippen molar-refractivity contribution in [3.8, 4) is 0 Å². The minimum Gasteiger partial charge on any atom is -0.443 e. The van der Waals surface area contributed by atoms with Gasteiger partial charge in [0, 0.05) is 17.0 Å². The molecule has 0 bridgehead atoms. The number of ether oxygens (including phenoxy) is 1. The van der Waals surface area contributed by atoms with E-state index in [4.69, 9.17) is 4.74 Å². The average molecular weight is 296 g/mol. The lowest BCUT2D eigenvalue weighted by molar-refractivity contribution is 0.0551. The Morgan fingerprint density at radius 2 is 1.91 bits per heavy atom. The summed E-state index contributed by atoms with van der Waals surface area (Å²) < 4.78 is 6.90. The number of carbonyl (C=O) groups excluding carboxylic acids is 2. The monoisotopic (exact) mass is 296 g/mol. The summed E-state index contributed by atoms with van der Waals surface area (Å²) in [6.07, 6.45) is 1.70. The van der Waals surface area contributed by atoms with E-state index >= 15 is 0 Å². The van der Waals surface area contributed by atoms with Gasteiger partial charge in [0.1, 0.15) is 11.3 Å². The molecule has 0 N–H and O–H groups in total. The number of rotatable bonds is 1. The highest BCUT2D eigenvalue weighted by molar-refractivity contribution is 6.15. The maximum atomic E-state index is 12.6. The molecule has 0 unspecified atom stereocenters. The predicted octanol–water partition coefficient (Wildman–Crippen LogP) is 3.79. The standard InChI is InChI=1S/C17H16N2O3/c1-17(2,3)22-16(21)19-14-7-5-4-6-11(14)12-8-9-18-13(10-20)15(12)19/h4-10H,1-3H3. The van der Waals surface area contributed by atoms with Crippen LogP contribution in [-0.4, -0.2) is 27.5 Å². The molecule has 0 aliphatic heterocycles. The molecule has 0 saturated carbocycles. The normalized spacial score (nSPS) is 11.8. The molecule has 3 rings (SSSR count). The number of carbonyl (C=O) groups is 2. The van der Waals surface area contributed by atoms with Crippen molar-refractivity contribution in [2.24, 2.45) is 0 Å². The molecule has 0 amide bonds. The molecule has 3 aromatic rings. The van der Waals surface area contributed by atoms with E-state index in [1.807, 2.05) is 24.3 Å². The number of nitrogens with zero attached hydrogens (tertiary/aromatic N) is 2. The Bertz CT molecular complexity index is 888. The largest absolute Gasteiger partial charge is 0.443 e. The van der Waals surface area contributed by atoms with Gasteiger partial charge in [-0.3, -0.25) is 9.78 Å². The minimum atomic E-state index is -0.627. The minimum absolute atomic E-state index is 0.222. The van der Waals surface area contributed by atoms with Crippen LogP contribution in [0, 0.1) is 0 Å². The van der Waals surface area contributed by atoms with Crippen LogP contribution >= 0.6 is 0 Å². The van der Waals surface area contributed by atoms with Crippen molar-refractivity contribution in [1.29, 1.82) is 0 Å². The SMILES string of the molecule is CC(C)(C)OC(=O)n1c2ccccc2c2ccnc(C=O)c21. The molecule has 0 aliphatic carbocycles. The second kappa shape index (κ2) is 4.94. The van der Waals surface area contributed by atoms with Gasteiger partial charge in [-0.2, -0.15) is 0 Å². The summed E-state index contributed by atoms with van der Waals surface area (Å²) in [6, 6.07) is 9.27. The van der Waals surface area contributed by atoms with Gasteiger partial charge in [0.15, 0.2) is 6.29 Å². The van der Waals surface area contributed by atoms with E-state index < -0.39 is 11.7 Å². The number of fused-ring (bicyclic) bond motifs is 3. The summed E-state index contributed by atoms with van der Waals surface area (Å²) >= 11 is 0. The maximum absolute atomic E-state index is 12.6. The van der Waals surface area contributed by atoms with E-state index in [0.29, 0.717) is 17.3 Å². The van der Waals surface area contributed by atoms with Gasteiger partial charge in [0.25, 0.3) is 0 Å². The molecular weight excluding hydrogens is 280 g/mol. The molecule has 5 heteroatoms. The van der Waals surface area contributed by atoms with E-state index in [0.717, 1.165) is 10.8 Å². The van der Waals surface area contributed by atoms with Gasteiger partial charge in [-0.15, -0.1) is 0 Å². The molecule has 0 aliphatic rings. The highest BCUT2D eigenvalue weighted by Crippen LogP contribution is 2.30. The van der Waals surface area contributed by atoms with Crippen LogP contribution < -0.4 is 0 Å². The fraction of sp³-hybridized carbons (Fsp3) is 0.235. The zero-order chi connectivity index (χ0) is 15.9. The van der Waals surface area contributed by atoms with Crippen LogP contribution in [0.1, 0.15) is 31.3 Å². The van der Waals surface area contributed by atoms with Crippen LogP contribution in [0.15, 0.2) is 36.5 Å². The average Bonchev–Trinajstić information content (AvgIpc) is 2.80. The van der Waals surface area contributed by atoms with Crippen LogP contribution in [-0.2, 0) is 4.74 Å². The molecule has 5 nitrogen and oxygen atoms in total. The number of hydrogen-bond donors (Lipinski definition) is 0. The maximum Gasteiger partial charge on any atom is 0.419 e. The van der Waals surface area contributed by atoms with Gasteiger partial charge in [-0.1, -0.05) is 18.2 Å². The highest BCUT2D eigenvalue weighted by Gasteiger charge is 2.23. The van der Waals surface area contributed by atoms with E-state index in [2.05, 4.69) is 4.98 Å². The summed E-state index contributed by atoms with van der Waals surface area (Å²) in [5.41, 5.74) is 0.772. The first-order valence-electron chi connectivity index (χ1n) is 6.99. The third-order valence-electron chi connectivity index (χ3n) is 3.30. The molecule has 0 saturated heterocycles. The second-order valence-corrected chi connectivity index (χ2v) is 6.04. The van der Waals surface area contributed by atoms with Gasteiger partial charge in [0.2, 0.25) is 0 Å². The van der Waals surface area contributed by atoms with Crippen molar-refractivity contribution in [2.45, 2.75) is 26.4 Å². The summed E-state index contributed by atoms with van der Waals surface area (Å²) in [5, 5.41) is 1.69. The Kier molecular flexibility index (Phi) is 3.20. The third-order valence-corrected chi connectivity index (χ3v) is 3.30. The van der Waals surface area contributed by atoms with Crippen LogP contribution in [0.3, 0.4) is 0 Å². The first kappa shape index (κ1) is 14.3. The highest BCUT2D eigenvalue weighted by atomic mass is 16.6. The Morgan fingerprint density at radius 3 is 2.59 bits per heavy atom. The summed E-state index contributed by atoms with van der Waals surface area (Å²) in [5.74, 6) is 0. The van der Waals surface area contributed by atoms with Crippen LogP contribution in [0.2, 0.25) is 0 Å². The quantitative estimate of drug-likeness (QED) is 0.641. The third kappa shape index (κ3) is 2.24. The molecule has 0 atom stereocenters. The fourth-order valence-electron chi connectivity index (χ4n) is 2.52. The summed E-state index contributed by atoms with van der Waals surface area (Å²) in [7, 11) is 0. The van der Waals surface area contributed by atoms with Gasteiger partial charge < -0.3 is 4.74 Å². The van der Waals surface area contributed by atoms with Gasteiger partial charge in [0.05, 0.1) is 11.0 Å². The summed E-state index contributed by atoms with van der Waals surface area (Å²) in [6.45, 7) is 5.41. The molecule has 0 radical (unpaired) electrons.